The summed E-state index contributed by atoms with van der Waals surface area (Å²) in [5.74, 6) is 1.07. The summed E-state index contributed by atoms with van der Waals surface area (Å²) in [5, 5.41) is 7.59. The highest BCUT2D eigenvalue weighted by Crippen LogP contribution is 2.35. The van der Waals surface area contributed by atoms with Crippen LogP contribution >= 0.6 is 0 Å². The Hall–Kier alpha value is -3.35. The molecule has 150 valence electrons. The van der Waals surface area contributed by atoms with Crippen molar-refractivity contribution < 1.29 is 19.0 Å². The van der Waals surface area contributed by atoms with Gasteiger partial charge >= 0.3 is 5.97 Å². The number of aromatic nitrogens is 2. The number of carbonyl (C=O) groups is 1. The standard InChI is InChI=1S/C22H22N2O5/c1-3-27-19-9-14-8-13(2)29-20(14)10-15(19)12-28-21(25)11-18-16-6-4-5-7-17(16)22(26)24-23-18/h4-7,9-10,13H,3,8,11-12H2,1-2H3,(H,24,26). The van der Waals surface area contributed by atoms with Crippen LogP contribution in [0.2, 0.25) is 0 Å². The molecule has 1 aliphatic heterocycles. The number of rotatable bonds is 6. The number of nitrogens with zero attached hydrogens (tertiary/aromatic N) is 1. The van der Waals surface area contributed by atoms with Gasteiger partial charge in [0.2, 0.25) is 0 Å². The second-order valence-electron chi connectivity index (χ2n) is 7.02. The number of hydrogen-bond acceptors (Lipinski definition) is 6. The molecule has 4 rings (SSSR count). The first-order valence-electron chi connectivity index (χ1n) is 9.62. The predicted octanol–water partition coefficient (Wildman–Crippen LogP) is 2.93. The smallest absolute Gasteiger partial charge is 0.312 e. The monoisotopic (exact) mass is 394 g/mol. The number of ether oxygens (including phenoxy) is 3. The van der Waals surface area contributed by atoms with Gasteiger partial charge in [-0.3, -0.25) is 9.59 Å². The lowest BCUT2D eigenvalue weighted by atomic mass is 10.1. The normalized spacial score (nSPS) is 15.0. The SMILES string of the molecule is CCOc1cc2c(cc1COC(=O)Cc1n[nH]c(=O)c3ccccc13)OC(C)C2. The molecule has 0 radical (unpaired) electrons. The van der Waals surface area contributed by atoms with Gasteiger partial charge in [0.25, 0.3) is 5.56 Å². The van der Waals surface area contributed by atoms with Crippen molar-refractivity contribution in [2.45, 2.75) is 39.4 Å². The molecular formula is C22H22N2O5. The van der Waals surface area contributed by atoms with Crippen LogP contribution in [-0.2, 0) is 29.0 Å². The van der Waals surface area contributed by atoms with E-state index in [1.54, 1.807) is 24.3 Å². The van der Waals surface area contributed by atoms with Gasteiger partial charge in [0.1, 0.15) is 24.2 Å². The zero-order valence-corrected chi connectivity index (χ0v) is 16.4. The fourth-order valence-electron chi connectivity index (χ4n) is 3.54. The van der Waals surface area contributed by atoms with Gasteiger partial charge < -0.3 is 14.2 Å². The van der Waals surface area contributed by atoms with Crippen LogP contribution in [0.4, 0.5) is 0 Å². The fourth-order valence-corrected chi connectivity index (χ4v) is 3.54. The third kappa shape index (κ3) is 3.94. The van der Waals surface area contributed by atoms with Crippen molar-refractivity contribution in [2.75, 3.05) is 6.61 Å². The molecule has 7 nitrogen and oxygen atoms in total. The molecule has 0 spiro atoms. The molecule has 1 atom stereocenters. The third-order valence-corrected chi connectivity index (χ3v) is 4.85. The fraction of sp³-hybridized carbons (Fsp3) is 0.318. The second-order valence-corrected chi connectivity index (χ2v) is 7.02. The number of H-pyrrole nitrogens is 1. The average Bonchev–Trinajstić information content (AvgIpc) is 3.07. The molecule has 0 amide bonds. The number of benzene rings is 2. The highest BCUT2D eigenvalue weighted by Gasteiger charge is 2.22. The van der Waals surface area contributed by atoms with E-state index >= 15 is 0 Å². The Kier molecular flexibility index (Phi) is 5.20. The number of carbonyl (C=O) groups excluding carboxylic acids is 1. The summed E-state index contributed by atoms with van der Waals surface area (Å²) in [6.45, 7) is 4.51. The number of fused-ring (bicyclic) bond motifs is 2. The van der Waals surface area contributed by atoms with Crippen molar-refractivity contribution in [2.24, 2.45) is 0 Å². The molecule has 1 unspecified atom stereocenters. The quantitative estimate of drug-likeness (QED) is 0.647. The van der Waals surface area contributed by atoms with Gasteiger partial charge in [-0.2, -0.15) is 5.10 Å². The van der Waals surface area contributed by atoms with Gasteiger partial charge in [-0.1, -0.05) is 18.2 Å². The minimum Gasteiger partial charge on any atom is -0.493 e. The van der Waals surface area contributed by atoms with E-state index in [0.717, 1.165) is 23.3 Å². The van der Waals surface area contributed by atoms with Gasteiger partial charge in [-0.15, -0.1) is 0 Å². The molecule has 0 fully saturated rings. The maximum absolute atomic E-state index is 12.4. The van der Waals surface area contributed by atoms with Crippen LogP contribution in [0.25, 0.3) is 10.8 Å². The number of esters is 1. The Morgan fingerprint density at radius 1 is 1.28 bits per heavy atom. The molecule has 1 N–H and O–H groups in total. The van der Waals surface area contributed by atoms with Crippen molar-refractivity contribution in [1.29, 1.82) is 0 Å². The number of nitrogens with one attached hydrogen (secondary N) is 1. The topological polar surface area (TPSA) is 90.5 Å². The summed E-state index contributed by atoms with van der Waals surface area (Å²) in [6, 6.07) is 10.9. The Bertz CT molecular complexity index is 1120. The van der Waals surface area contributed by atoms with E-state index in [4.69, 9.17) is 14.2 Å². The average molecular weight is 394 g/mol. The van der Waals surface area contributed by atoms with E-state index in [1.165, 1.54) is 0 Å². The highest BCUT2D eigenvalue weighted by atomic mass is 16.5. The lowest BCUT2D eigenvalue weighted by molar-refractivity contribution is -0.144. The largest absolute Gasteiger partial charge is 0.493 e. The summed E-state index contributed by atoms with van der Waals surface area (Å²) < 4.78 is 17.0. The Morgan fingerprint density at radius 3 is 2.86 bits per heavy atom. The minimum atomic E-state index is -0.438. The first-order chi connectivity index (χ1) is 14.0. The van der Waals surface area contributed by atoms with E-state index in [0.29, 0.717) is 28.8 Å². The van der Waals surface area contributed by atoms with Crippen molar-refractivity contribution in [3.05, 3.63) is 63.6 Å². The first kappa shape index (κ1) is 19.0. The summed E-state index contributed by atoms with van der Waals surface area (Å²) in [5.41, 5.74) is 2.04. The lowest BCUT2D eigenvalue weighted by Crippen LogP contribution is -2.15. The lowest BCUT2D eigenvalue weighted by Gasteiger charge is -2.13. The maximum atomic E-state index is 12.4. The van der Waals surface area contributed by atoms with E-state index in [1.807, 2.05) is 26.0 Å². The second kappa shape index (κ2) is 7.95. The molecule has 1 aliphatic rings. The molecule has 7 heteroatoms. The van der Waals surface area contributed by atoms with E-state index in [-0.39, 0.29) is 24.7 Å². The van der Waals surface area contributed by atoms with Crippen LogP contribution in [0.15, 0.2) is 41.2 Å². The van der Waals surface area contributed by atoms with E-state index < -0.39 is 5.97 Å². The molecule has 29 heavy (non-hydrogen) atoms. The zero-order chi connectivity index (χ0) is 20.4. The molecule has 2 heterocycles. The zero-order valence-electron chi connectivity index (χ0n) is 16.4. The molecule has 3 aromatic rings. The third-order valence-electron chi connectivity index (χ3n) is 4.85. The molecule has 0 saturated carbocycles. The van der Waals surface area contributed by atoms with Gasteiger partial charge in [-0.05, 0) is 32.0 Å². The van der Waals surface area contributed by atoms with Gasteiger partial charge in [0, 0.05) is 22.9 Å². The Balaban J connectivity index is 1.50. The van der Waals surface area contributed by atoms with Crippen LogP contribution < -0.4 is 15.0 Å². The van der Waals surface area contributed by atoms with Gasteiger partial charge in [0.05, 0.1) is 24.1 Å². The molecule has 0 saturated heterocycles. The van der Waals surface area contributed by atoms with Crippen LogP contribution in [0.5, 0.6) is 11.5 Å². The van der Waals surface area contributed by atoms with Crippen LogP contribution in [0.3, 0.4) is 0 Å². The molecule has 1 aromatic heterocycles. The minimum absolute atomic E-state index is 0.0419. The maximum Gasteiger partial charge on any atom is 0.312 e. The summed E-state index contributed by atoms with van der Waals surface area (Å²) in [7, 11) is 0. The Morgan fingerprint density at radius 2 is 2.07 bits per heavy atom. The molecular weight excluding hydrogens is 372 g/mol. The van der Waals surface area contributed by atoms with Gasteiger partial charge in [-0.25, -0.2) is 5.10 Å². The summed E-state index contributed by atoms with van der Waals surface area (Å²) >= 11 is 0. The number of hydrogen-bond donors (Lipinski definition) is 1. The number of aromatic amines is 1. The van der Waals surface area contributed by atoms with Crippen molar-refractivity contribution in [3.63, 3.8) is 0 Å². The van der Waals surface area contributed by atoms with Crippen LogP contribution in [-0.4, -0.2) is 28.9 Å². The summed E-state index contributed by atoms with van der Waals surface area (Å²) in [6.07, 6.45) is 0.914. The first-order valence-corrected chi connectivity index (χ1v) is 9.62. The molecule has 0 bridgehead atoms. The molecule has 2 aromatic carbocycles. The van der Waals surface area contributed by atoms with Crippen molar-refractivity contribution in [3.8, 4) is 11.5 Å². The predicted molar refractivity (Wildman–Crippen MR) is 107 cm³/mol. The van der Waals surface area contributed by atoms with Crippen LogP contribution in [0.1, 0.15) is 30.7 Å². The molecule has 0 aliphatic carbocycles. The van der Waals surface area contributed by atoms with Gasteiger partial charge in [0.15, 0.2) is 0 Å². The summed E-state index contributed by atoms with van der Waals surface area (Å²) in [4.78, 5) is 24.3. The Labute approximate surface area is 167 Å². The van der Waals surface area contributed by atoms with Crippen molar-refractivity contribution >= 4 is 16.7 Å². The van der Waals surface area contributed by atoms with E-state index in [2.05, 4.69) is 10.2 Å². The highest BCUT2D eigenvalue weighted by molar-refractivity contribution is 5.86. The van der Waals surface area contributed by atoms with E-state index in [9.17, 15) is 9.59 Å². The van der Waals surface area contributed by atoms with Crippen LogP contribution in [0, 0.1) is 0 Å². The van der Waals surface area contributed by atoms with Crippen molar-refractivity contribution in [1.82, 2.24) is 10.2 Å².